The number of nitrogens with zero attached hydrogens (tertiary/aromatic N) is 2. The lowest BCUT2D eigenvalue weighted by Crippen LogP contribution is -2.03. The number of anilines is 2. The number of thiophene rings is 1. The van der Waals surface area contributed by atoms with Crippen molar-refractivity contribution in [3.8, 4) is 0 Å². The zero-order valence-electron chi connectivity index (χ0n) is 14.1. The first kappa shape index (κ1) is 15.9. The van der Waals surface area contributed by atoms with Gasteiger partial charge in [-0.1, -0.05) is 36.9 Å². The Kier molecular flexibility index (Phi) is 4.46. The van der Waals surface area contributed by atoms with E-state index in [2.05, 4.69) is 36.5 Å². The predicted octanol–water partition coefficient (Wildman–Crippen LogP) is 5.60. The van der Waals surface area contributed by atoms with E-state index in [0.29, 0.717) is 0 Å². The molecule has 0 fully saturated rings. The molecule has 0 aliphatic heterocycles. The quantitative estimate of drug-likeness (QED) is 0.488. The van der Waals surface area contributed by atoms with Crippen molar-refractivity contribution in [3.63, 3.8) is 0 Å². The van der Waals surface area contributed by atoms with Crippen LogP contribution in [0.15, 0.2) is 29.4 Å². The van der Waals surface area contributed by atoms with E-state index in [-0.39, 0.29) is 0 Å². The minimum atomic E-state index is 0.845. The molecular weight excluding hydrogens is 334 g/mol. The Morgan fingerprint density at radius 3 is 2.83 bits per heavy atom. The van der Waals surface area contributed by atoms with E-state index in [0.717, 1.165) is 34.3 Å². The largest absolute Gasteiger partial charge is 0.339 e. The van der Waals surface area contributed by atoms with Gasteiger partial charge < -0.3 is 5.32 Å². The highest BCUT2D eigenvalue weighted by molar-refractivity contribution is 7.98. The van der Waals surface area contributed by atoms with Gasteiger partial charge in [-0.3, -0.25) is 0 Å². The molecule has 3 nitrogen and oxygen atoms in total. The highest BCUT2D eigenvalue weighted by Crippen LogP contribution is 2.40. The van der Waals surface area contributed by atoms with E-state index in [1.807, 2.05) is 17.6 Å². The zero-order chi connectivity index (χ0) is 16.5. The highest BCUT2D eigenvalue weighted by Gasteiger charge is 2.21. The number of para-hydroxylation sites is 1. The van der Waals surface area contributed by atoms with Crippen LogP contribution in [0.4, 0.5) is 11.5 Å². The Hall–Kier alpha value is -1.59. The summed E-state index contributed by atoms with van der Waals surface area (Å²) >= 11 is 3.47. The molecule has 2 heterocycles. The summed E-state index contributed by atoms with van der Waals surface area (Å²) in [5, 5.41) is 5.71. The highest BCUT2D eigenvalue weighted by atomic mass is 32.2. The molecule has 0 saturated carbocycles. The number of aryl methyl sites for hydroxylation is 3. The van der Waals surface area contributed by atoms with E-state index in [1.54, 1.807) is 11.8 Å². The average Bonchev–Trinajstić information content (AvgIpc) is 3.00. The molecule has 4 rings (SSSR count). The van der Waals surface area contributed by atoms with E-state index < -0.39 is 0 Å². The van der Waals surface area contributed by atoms with Crippen LogP contribution in [0.1, 0.15) is 35.8 Å². The van der Waals surface area contributed by atoms with Crippen LogP contribution in [-0.2, 0) is 19.3 Å². The Balaban J connectivity index is 1.88. The van der Waals surface area contributed by atoms with Crippen molar-refractivity contribution in [2.45, 2.75) is 44.2 Å². The van der Waals surface area contributed by atoms with E-state index in [1.165, 1.54) is 40.7 Å². The standard InChI is InChI=1S/C19H21N3S2/c1-3-12-8-4-6-10-14(12)20-17-16-13-9-5-7-11-15(13)24-18(16)22-19(21-17)23-2/h4,6,8,10H,3,5,7,9,11H2,1-2H3,(H,20,21,22). The molecule has 5 heteroatoms. The van der Waals surface area contributed by atoms with Gasteiger partial charge in [-0.2, -0.15) is 0 Å². The maximum Gasteiger partial charge on any atom is 0.190 e. The number of hydrogen-bond donors (Lipinski definition) is 1. The first-order valence-corrected chi connectivity index (χ1v) is 10.6. The summed E-state index contributed by atoms with van der Waals surface area (Å²) in [6.07, 6.45) is 7.96. The van der Waals surface area contributed by atoms with Crippen molar-refractivity contribution in [2.24, 2.45) is 0 Å². The summed E-state index contributed by atoms with van der Waals surface area (Å²) in [6, 6.07) is 8.50. The molecule has 1 aromatic carbocycles. The van der Waals surface area contributed by atoms with Gasteiger partial charge in [0.25, 0.3) is 0 Å². The van der Waals surface area contributed by atoms with Gasteiger partial charge in [0.05, 0.1) is 5.39 Å². The first-order chi connectivity index (χ1) is 11.8. The van der Waals surface area contributed by atoms with Crippen LogP contribution in [0.5, 0.6) is 0 Å². The molecule has 0 bridgehead atoms. The van der Waals surface area contributed by atoms with E-state index in [9.17, 15) is 0 Å². The molecule has 1 aliphatic carbocycles. The van der Waals surface area contributed by atoms with Gasteiger partial charge in [-0.15, -0.1) is 11.3 Å². The van der Waals surface area contributed by atoms with Crippen LogP contribution in [0, 0.1) is 0 Å². The molecular formula is C19H21N3S2. The second-order valence-corrected chi connectivity index (χ2v) is 7.94. The molecule has 0 saturated heterocycles. The summed E-state index contributed by atoms with van der Waals surface area (Å²) in [5.41, 5.74) is 3.95. The predicted molar refractivity (Wildman–Crippen MR) is 105 cm³/mol. The van der Waals surface area contributed by atoms with Gasteiger partial charge in [0.2, 0.25) is 0 Å². The molecule has 124 valence electrons. The minimum absolute atomic E-state index is 0.845. The monoisotopic (exact) mass is 355 g/mol. The number of aromatic nitrogens is 2. The fourth-order valence-corrected chi connectivity index (χ4v) is 5.08. The van der Waals surface area contributed by atoms with Crippen LogP contribution < -0.4 is 5.32 Å². The van der Waals surface area contributed by atoms with Crippen molar-refractivity contribution in [1.82, 2.24) is 9.97 Å². The van der Waals surface area contributed by atoms with Crippen LogP contribution in [0.2, 0.25) is 0 Å². The molecule has 2 aromatic heterocycles. The number of nitrogens with one attached hydrogen (secondary N) is 1. The fourth-order valence-electron chi connectivity index (χ4n) is 3.40. The van der Waals surface area contributed by atoms with Crippen molar-refractivity contribution >= 4 is 44.8 Å². The maximum atomic E-state index is 4.82. The third-order valence-electron chi connectivity index (χ3n) is 4.63. The third kappa shape index (κ3) is 2.80. The second-order valence-electron chi connectivity index (χ2n) is 6.09. The number of benzene rings is 1. The third-order valence-corrected chi connectivity index (χ3v) is 6.36. The minimum Gasteiger partial charge on any atom is -0.339 e. The molecule has 24 heavy (non-hydrogen) atoms. The molecule has 0 atom stereocenters. The van der Waals surface area contributed by atoms with Gasteiger partial charge in [0.15, 0.2) is 5.16 Å². The summed E-state index contributed by atoms with van der Waals surface area (Å²) in [4.78, 5) is 12.2. The number of thioether (sulfide) groups is 1. The number of hydrogen-bond acceptors (Lipinski definition) is 5. The molecule has 0 radical (unpaired) electrons. The molecule has 0 amide bonds. The lowest BCUT2D eigenvalue weighted by atomic mass is 9.97. The van der Waals surface area contributed by atoms with Crippen molar-refractivity contribution < 1.29 is 0 Å². The van der Waals surface area contributed by atoms with Gasteiger partial charge in [-0.05, 0) is 55.6 Å². The summed E-state index contributed by atoms with van der Waals surface area (Å²) in [7, 11) is 0. The molecule has 1 aliphatic rings. The van der Waals surface area contributed by atoms with Crippen LogP contribution in [0.3, 0.4) is 0 Å². The Bertz CT molecular complexity index is 886. The van der Waals surface area contributed by atoms with E-state index >= 15 is 0 Å². The van der Waals surface area contributed by atoms with E-state index in [4.69, 9.17) is 9.97 Å². The normalized spacial score (nSPS) is 13.9. The molecule has 0 unspecified atom stereocenters. The van der Waals surface area contributed by atoms with Crippen LogP contribution in [-0.4, -0.2) is 16.2 Å². The lowest BCUT2D eigenvalue weighted by Gasteiger charge is -2.14. The number of fused-ring (bicyclic) bond motifs is 3. The van der Waals surface area contributed by atoms with Crippen molar-refractivity contribution in [3.05, 3.63) is 40.3 Å². The topological polar surface area (TPSA) is 37.8 Å². The Morgan fingerprint density at radius 2 is 2.00 bits per heavy atom. The Morgan fingerprint density at radius 1 is 1.17 bits per heavy atom. The average molecular weight is 356 g/mol. The van der Waals surface area contributed by atoms with Crippen molar-refractivity contribution in [2.75, 3.05) is 11.6 Å². The summed E-state index contributed by atoms with van der Waals surface area (Å²) < 4.78 is 0. The summed E-state index contributed by atoms with van der Waals surface area (Å²) in [5.74, 6) is 0.977. The van der Waals surface area contributed by atoms with Crippen molar-refractivity contribution in [1.29, 1.82) is 0 Å². The van der Waals surface area contributed by atoms with Gasteiger partial charge >= 0.3 is 0 Å². The first-order valence-electron chi connectivity index (χ1n) is 8.51. The van der Waals surface area contributed by atoms with Gasteiger partial charge in [-0.25, -0.2) is 9.97 Å². The molecule has 3 aromatic rings. The smallest absolute Gasteiger partial charge is 0.190 e. The van der Waals surface area contributed by atoms with Gasteiger partial charge in [0, 0.05) is 10.6 Å². The summed E-state index contributed by atoms with van der Waals surface area (Å²) in [6.45, 7) is 2.19. The second kappa shape index (κ2) is 6.73. The van der Waals surface area contributed by atoms with Crippen LogP contribution >= 0.6 is 23.1 Å². The SMILES string of the molecule is CCc1ccccc1Nc1nc(SC)nc2sc3c(c12)CCCC3. The zero-order valence-corrected chi connectivity index (χ0v) is 15.7. The fraction of sp³-hybridized carbons (Fsp3) is 0.368. The maximum absolute atomic E-state index is 4.82. The molecule has 1 N–H and O–H groups in total. The van der Waals surface area contributed by atoms with Gasteiger partial charge in [0.1, 0.15) is 10.6 Å². The Labute approximate surface area is 150 Å². The lowest BCUT2D eigenvalue weighted by molar-refractivity contribution is 0.700. The number of rotatable bonds is 4. The molecule has 0 spiro atoms. The van der Waals surface area contributed by atoms with Crippen LogP contribution in [0.25, 0.3) is 10.2 Å².